The topological polar surface area (TPSA) is 79.5 Å². The van der Waals surface area contributed by atoms with E-state index in [0.717, 1.165) is 19.0 Å². The van der Waals surface area contributed by atoms with E-state index in [1.807, 2.05) is 0 Å². The molecule has 1 aliphatic rings. The quantitative estimate of drug-likeness (QED) is 0.730. The summed E-state index contributed by atoms with van der Waals surface area (Å²) in [5.41, 5.74) is 0.687. The molecule has 1 saturated heterocycles. The normalized spacial score (nSPS) is 16.0. The minimum atomic E-state index is -0.725. The summed E-state index contributed by atoms with van der Waals surface area (Å²) in [6.07, 6.45) is 0.779. The number of hydrogen-bond acceptors (Lipinski definition) is 4. The zero-order valence-corrected chi connectivity index (χ0v) is 15.4. The second-order valence-corrected chi connectivity index (χ2v) is 6.61. The van der Waals surface area contributed by atoms with Crippen molar-refractivity contribution in [1.29, 1.82) is 0 Å². The van der Waals surface area contributed by atoms with Gasteiger partial charge in [-0.2, -0.15) is 0 Å². The summed E-state index contributed by atoms with van der Waals surface area (Å²) >= 11 is 5.72. The summed E-state index contributed by atoms with van der Waals surface area (Å²) in [5, 5.41) is 8.78. The number of ether oxygens (including phenoxy) is 1. The number of hydrogen-bond donors (Lipinski definition) is 3. The van der Waals surface area contributed by atoms with Crippen LogP contribution in [0.2, 0.25) is 5.02 Å². The molecule has 2 aromatic rings. The first-order valence-corrected chi connectivity index (χ1v) is 8.81. The van der Waals surface area contributed by atoms with Crippen molar-refractivity contribution in [2.24, 2.45) is 5.92 Å². The molecule has 1 fully saturated rings. The van der Waals surface area contributed by atoms with Gasteiger partial charge in [-0.1, -0.05) is 11.6 Å². The first-order valence-electron chi connectivity index (χ1n) is 8.44. The van der Waals surface area contributed by atoms with Gasteiger partial charge in [-0.3, -0.25) is 9.59 Å². The van der Waals surface area contributed by atoms with E-state index in [9.17, 15) is 14.0 Å². The molecule has 2 amide bonds. The number of amides is 2. The lowest BCUT2D eigenvalue weighted by Gasteiger charge is -2.14. The summed E-state index contributed by atoms with van der Waals surface area (Å²) in [6.45, 7) is 1.45. The Labute approximate surface area is 161 Å². The fourth-order valence-corrected chi connectivity index (χ4v) is 3.03. The SMILES string of the molecule is COc1ccc(NC(=O)C2CCNC2)cc1NC(=O)c1ccc(Cl)cc1F. The summed E-state index contributed by atoms with van der Waals surface area (Å²) in [6, 6.07) is 8.68. The predicted octanol–water partition coefficient (Wildman–Crippen LogP) is 3.29. The molecule has 0 aliphatic carbocycles. The monoisotopic (exact) mass is 391 g/mol. The predicted molar refractivity (Wildman–Crippen MR) is 102 cm³/mol. The number of anilines is 2. The molecule has 27 heavy (non-hydrogen) atoms. The zero-order chi connectivity index (χ0) is 19.4. The van der Waals surface area contributed by atoms with E-state index in [1.54, 1.807) is 18.2 Å². The van der Waals surface area contributed by atoms with Crippen LogP contribution in [-0.2, 0) is 4.79 Å². The molecule has 0 spiro atoms. The molecule has 2 aromatic carbocycles. The summed E-state index contributed by atoms with van der Waals surface area (Å²) in [5.74, 6) is -1.17. The molecule has 8 heteroatoms. The average Bonchev–Trinajstić information content (AvgIpc) is 3.16. The van der Waals surface area contributed by atoms with Crippen LogP contribution in [0.15, 0.2) is 36.4 Å². The van der Waals surface area contributed by atoms with Gasteiger partial charge in [0.05, 0.1) is 24.3 Å². The Hall–Kier alpha value is -2.64. The van der Waals surface area contributed by atoms with Gasteiger partial charge >= 0.3 is 0 Å². The smallest absolute Gasteiger partial charge is 0.258 e. The molecule has 1 aliphatic heterocycles. The van der Waals surface area contributed by atoms with Crippen molar-refractivity contribution >= 4 is 34.8 Å². The van der Waals surface area contributed by atoms with E-state index in [0.29, 0.717) is 23.7 Å². The highest BCUT2D eigenvalue weighted by atomic mass is 35.5. The second-order valence-electron chi connectivity index (χ2n) is 6.17. The third kappa shape index (κ3) is 4.56. The molecule has 0 radical (unpaired) electrons. The number of halogens is 2. The third-order valence-corrected chi connectivity index (χ3v) is 4.56. The van der Waals surface area contributed by atoms with E-state index in [4.69, 9.17) is 16.3 Å². The van der Waals surface area contributed by atoms with E-state index < -0.39 is 11.7 Å². The highest BCUT2D eigenvalue weighted by Gasteiger charge is 2.23. The standard InChI is InChI=1S/C19H19ClFN3O3/c1-27-17-5-3-13(23-18(25)11-6-7-22-10-11)9-16(17)24-19(26)14-4-2-12(20)8-15(14)21/h2-5,8-9,11,22H,6-7,10H2,1H3,(H,23,25)(H,24,26). The number of nitrogens with one attached hydrogen (secondary N) is 3. The van der Waals surface area contributed by atoms with Crippen molar-refractivity contribution in [2.45, 2.75) is 6.42 Å². The largest absolute Gasteiger partial charge is 0.495 e. The molecule has 142 valence electrons. The fourth-order valence-electron chi connectivity index (χ4n) is 2.87. The zero-order valence-electron chi connectivity index (χ0n) is 14.6. The van der Waals surface area contributed by atoms with Crippen molar-refractivity contribution in [3.63, 3.8) is 0 Å². The van der Waals surface area contributed by atoms with Crippen LogP contribution in [0.25, 0.3) is 0 Å². The third-order valence-electron chi connectivity index (χ3n) is 4.32. The summed E-state index contributed by atoms with van der Waals surface area (Å²) in [7, 11) is 1.45. The van der Waals surface area contributed by atoms with Crippen molar-refractivity contribution < 1.29 is 18.7 Å². The first-order chi connectivity index (χ1) is 13.0. The Morgan fingerprint density at radius 1 is 1.22 bits per heavy atom. The highest BCUT2D eigenvalue weighted by Crippen LogP contribution is 2.29. The molecule has 0 bridgehead atoms. The highest BCUT2D eigenvalue weighted by molar-refractivity contribution is 6.30. The molecule has 0 aromatic heterocycles. The lowest BCUT2D eigenvalue weighted by Crippen LogP contribution is -2.24. The van der Waals surface area contributed by atoms with Gasteiger partial charge in [0, 0.05) is 17.3 Å². The fraction of sp³-hybridized carbons (Fsp3) is 0.263. The molecule has 6 nitrogen and oxygen atoms in total. The van der Waals surface area contributed by atoms with Crippen LogP contribution in [0, 0.1) is 11.7 Å². The van der Waals surface area contributed by atoms with Crippen LogP contribution >= 0.6 is 11.6 Å². The van der Waals surface area contributed by atoms with Crippen LogP contribution in [0.5, 0.6) is 5.75 Å². The van der Waals surface area contributed by atoms with Gasteiger partial charge in [0.25, 0.3) is 5.91 Å². The van der Waals surface area contributed by atoms with E-state index in [1.165, 1.54) is 19.2 Å². The van der Waals surface area contributed by atoms with Gasteiger partial charge < -0.3 is 20.7 Å². The Balaban J connectivity index is 1.78. The molecular weight excluding hydrogens is 373 g/mol. The van der Waals surface area contributed by atoms with Crippen LogP contribution < -0.4 is 20.7 Å². The number of methoxy groups -OCH3 is 1. The number of benzene rings is 2. The van der Waals surface area contributed by atoms with E-state index >= 15 is 0 Å². The number of carbonyl (C=O) groups is 2. The molecule has 3 N–H and O–H groups in total. The lowest BCUT2D eigenvalue weighted by molar-refractivity contribution is -0.119. The molecule has 1 atom stereocenters. The van der Waals surface area contributed by atoms with Gasteiger partial charge in [-0.05, 0) is 49.4 Å². The second kappa shape index (κ2) is 8.37. The summed E-state index contributed by atoms with van der Waals surface area (Å²) in [4.78, 5) is 24.7. The Bertz CT molecular complexity index is 869. The molecule has 1 heterocycles. The van der Waals surface area contributed by atoms with E-state index in [2.05, 4.69) is 16.0 Å². The van der Waals surface area contributed by atoms with Crippen LogP contribution in [-0.4, -0.2) is 32.0 Å². The maximum atomic E-state index is 14.0. The van der Waals surface area contributed by atoms with Crippen LogP contribution in [0.4, 0.5) is 15.8 Å². The minimum absolute atomic E-state index is 0.0895. The Kier molecular flexibility index (Phi) is 5.93. The minimum Gasteiger partial charge on any atom is -0.495 e. The molecular formula is C19H19ClFN3O3. The molecule has 3 rings (SSSR count). The van der Waals surface area contributed by atoms with Crippen LogP contribution in [0.1, 0.15) is 16.8 Å². The average molecular weight is 392 g/mol. The van der Waals surface area contributed by atoms with Gasteiger partial charge in [-0.15, -0.1) is 0 Å². The van der Waals surface area contributed by atoms with Crippen molar-refractivity contribution in [3.05, 3.63) is 52.8 Å². The van der Waals surface area contributed by atoms with Crippen LogP contribution in [0.3, 0.4) is 0 Å². The maximum Gasteiger partial charge on any atom is 0.258 e. The van der Waals surface area contributed by atoms with E-state index in [-0.39, 0.29) is 22.4 Å². The van der Waals surface area contributed by atoms with Gasteiger partial charge in [0.15, 0.2) is 0 Å². The molecule has 0 saturated carbocycles. The lowest BCUT2D eigenvalue weighted by atomic mass is 10.1. The Morgan fingerprint density at radius 2 is 2.04 bits per heavy atom. The van der Waals surface area contributed by atoms with Crippen molar-refractivity contribution in [3.8, 4) is 5.75 Å². The molecule has 1 unspecified atom stereocenters. The van der Waals surface area contributed by atoms with Crippen molar-refractivity contribution in [2.75, 3.05) is 30.8 Å². The van der Waals surface area contributed by atoms with Gasteiger partial charge in [0.1, 0.15) is 11.6 Å². The number of carbonyl (C=O) groups excluding carboxylic acids is 2. The first kappa shape index (κ1) is 19.1. The van der Waals surface area contributed by atoms with Crippen molar-refractivity contribution in [1.82, 2.24) is 5.32 Å². The Morgan fingerprint density at radius 3 is 2.70 bits per heavy atom. The summed E-state index contributed by atoms with van der Waals surface area (Å²) < 4.78 is 19.2. The van der Waals surface area contributed by atoms with Gasteiger partial charge in [-0.25, -0.2) is 4.39 Å². The number of rotatable bonds is 5. The maximum absolute atomic E-state index is 14.0. The van der Waals surface area contributed by atoms with Gasteiger partial charge in [0.2, 0.25) is 5.91 Å².